The summed E-state index contributed by atoms with van der Waals surface area (Å²) in [5, 5.41) is 5.57. The van der Waals surface area contributed by atoms with Crippen LogP contribution >= 0.6 is 0 Å². The lowest BCUT2D eigenvalue weighted by atomic mass is 10.2. The molecule has 1 aliphatic heterocycles. The summed E-state index contributed by atoms with van der Waals surface area (Å²) in [4.78, 5) is 30.7. The molecule has 142 valence electrons. The van der Waals surface area contributed by atoms with Gasteiger partial charge in [-0.2, -0.15) is 0 Å². The van der Waals surface area contributed by atoms with E-state index >= 15 is 0 Å². The molecule has 1 aromatic carbocycles. The van der Waals surface area contributed by atoms with Gasteiger partial charge in [-0.05, 0) is 38.4 Å². The topological polar surface area (TPSA) is 92.8 Å². The molecule has 0 spiro atoms. The molecule has 0 radical (unpaired) electrons. The van der Waals surface area contributed by atoms with E-state index in [1.807, 2.05) is 19.0 Å². The summed E-state index contributed by atoms with van der Waals surface area (Å²) in [5.74, 6) is 0.581. The van der Waals surface area contributed by atoms with Gasteiger partial charge in [0, 0.05) is 36.6 Å². The Kier molecular flexibility index (Phi) is 5.87. The summed E-state index contributed by atoms with van der Waals surface area (Å²) in [6, 6.07) is 8.21. The number of carbonyl (C=O) groups is 2. The van der Waals surface area contributed by atoms with E-state index in [2.05, 4.69) is 15.6 Å². The largest absolute Gasteiger partial charge is 0.486 e. The Hall–Kier alpha value is -3.13. The van der Waals surface area contributed by atoms with Crippen molar-refractivity contribution in [3.05, 3.63) is 47.8 Å². The van der Waals surface area contributed by atoms with E-state index in [0.29, 0.717) is 42.5 Å². The second-order valence-electron chi connectivity index (χ2n) is 6.30. The Morgan fingerprint density at radius 1 is 1.07 bits per heavy atom. The molecule has 0 aliphatic carbocycles. The van der Waals surface area contributed by atoms with Crippen LogP contribution in [0.25, 0.3) is 0 Å². The van der Waals surface area contributed by atoms with Crippen molar-refractivity contribution in [1.29, 1.82) is 0 Å². The van der Waals surface area contributed by atoms with Crippen LogP contribution in [0.2, 0.25) is 0 Å². The summed E-state index contributed by atoms with van der Waals surface area (Å²) < 4.78 is 11.0. The van der Waals surface area contributed by atoms with Crippen LogP contribution < -0.4 is 20.1 Å². The zero-order valence-corrected chi connectivity index (χ0v) is 15.3. The van der Waals surface area contributed by atoms with Gasteiger partial charge in [-0.1, -0.05) is 0 Å². The van der Waals surface area contributed by atoms with Gasteiger partial charge in [0.2, 0.25) is 0 Å². The number of nitrogens with one attached hydrogen (secondary N) is 2. The number of rotatable bonds is 6. The number of anilines is 1. The van der Waals surface area contributed by atoms with Gasteiger partial charge in [0.15, 0.2) is 11.5 Å². The lowest BCUT2D eigenvalue weighted by Crippen LogP contribution is -2.31. The lowest BCUT2D eigenvalue weighted by Gasteiger charge is -2.19. The number of nitrogens with zero attached hydrogens (tertiary/aromatic N) is 2. The number of carbonyl (C=O) groups excluding carboxylic acids is 2. The van der Waals surface area contributed by atoms with E-state index in [4.69, 9.17) is 9.47 Å². The van der Waals surface area contributed by atoms with Crippen molar-refractivity contribution in [3.8, 4) is 11.5 Å². The number of pyridine rings is 1. The predicted molar refractivity (Wildman–Crippen MR) is 101 cm³/mol. The first-order valence-electron chi connectivity index (χ1n) is 8.63. The third-order valence-corrected chi connectivity index (χ3v) is 3.90. The first-order valence-corrected chi connectivity index (χ1v) is 8.63. The molecule has 0 bridgehead atoms. The minimum atomic E-state index is -0.408. The van der Waals surface area contributed by atoms with Gasteiger partial charge in [-0.25, -0.2) is 0 Å². The highest BCUT2D eigenvalue weighted by Crippen LogP contribution is 2.32. The fraction of sp³-hybridized carbons (Fsp3) is 0.316. The van der Waals surface area contributed by atoms with Gasteiger partial charge < -0.3 is 25.0 Å². The molecule has 1 aliphatic rings. The fourth-order valence-corrected chi connectivity index (χ4v) is 2.51. The Morgan fingerprint density at radius 3 is 2.63 bits per heavy atom. The maximum absolute atomic E-state index is 12.5. The molecule has 27 heavy (non-hydrogen) atoms. The predicted octanol–water partition coefficient (Wildman–Crippen LogP) is 1.40. The van der Waals surface area contributed by atoms with Gasteiger partial charge in [-0.15, -0.1) is 0 Å². The minimum Gasteiger partial charge on any atom is -0.486 e. The molecule has 0 saturated heterocycles. The molecule has 8 heteroatoms. The van der Waals surface area contributed by atoms with Crippen molar-refractivity contribution >= 4 is 17.5 Å². The standard InChI is InChI=1S/C19H22N4O4/c1-23(2)8-7-21-18(24)13-5-6-20-15(11-13)19(25)22-14-3-4-16-17(12-14)27-10-9-26-16/h3-6,11-12H,7-10H2,1-2H3,(H,21,24)(H,22,25). The Balaban J connectivity index is 1.65. The van der Waals surface area contributed by atoms with E-state index in [9.17, 15) is 9.59 Å². The SMILES string of the molecule is CN(C)CCNC(=O)c1ccnc(C(=O)Nc2ccc3c(c2)OCCO3)c1. The molecule has 2 amide bonds. The third kappa shape index (κ3) is 4.95. The highest BCUT2D eigenvalue weighted by molar-refractivity contribution is 6.04. The zero-order valence-electron chi connectivity index (χ0n) is 15.3. The normalized spacial score (nSPS) is 12.6. The van der Waals surface area contributed by atoms with Crippen molar-refractivity contribution in [2.75, 3.05) is 45.7 Å². The van der Waals surface area contributed by atoms with E-state index in [-0.39, 0.29) is 11.6 Å². The van der Waals surface area contributed by atoms with Crippen LogP contribution in [0.4, 0.5) is 5.69 Å². The maximum atomic E-state index is 12.5. The summed E-state index contributed by atoms with van der Waals surface area (Å²) in [5.41, 5.74) is 1.10. The number of ether oxygens (including phenoxy) is 2. The molecule has 2 aromatic rings. The monoisotopic (exact) mass is 370 g/mol. The van der Waals surface area contributed by atoms with Crippen LogP contribution in [0.3, 0.4) is 0 Å². The van der Waals surface area contributed by atoms with Crippen LogP contribution in [0.1, 0.15) is 20.8 Å². The van der Waals surface area contributed by atoms with Crippen LogP contribution in [-0.2, 0) is 0 Å². The summed E-state index contributed by atoms with van der Waals surface area (Å²) in [7, 11) is 3.86. The third-order valence-electron chi connectivity index (χ3n) is 3.90. The number of fused-ring (bicyclic) bond motifs is 1. The van der Waals surface area contributed by atoms with Gasteiger partial charge in [-0.3, -0.25) is 14.6 Å². The number of hydrogen-bond donors (Lipinski definition) is 2. The smallest absolute Gasteiger partial charge is 0.274 e. The number of hydrogen-bond acceptors (Lipinski definition) is 6. The number of benzene rings is 1. The first kappa shape index (κ1) is 18.7. The zero-order chi connectivity index (χ0) is 19.2. The van der Waals surface area contributed by atoms with E-state index < -0.39 is 5.91 Å². The Morgan fingerprint density at radius 2 is 1.85 bits per heavy atom. The van der Waals surface area contributed by atoms with Crippen LogP contribution in [0.15, 0.2) is 36.5 Å². The number of amides is 2. The second kappa shape index (κ2) is 8.50. The van der Waals surface area contributed by atoms with Crippen molar-refractivity contribution in [2.45, 2.75) is 0 Å². The van der Waals surface area contributed by atoms with Crippen LogP contribution in [-0.4, -0.2) is 62.1 Å². The molecule has 0 unspecified atom stereocenters. The second-order valence-corrected chi connectivity index (χ2v) is 6.30. The molecule has 0 fully saturated rings. The van der Waals surface area contributed by atoms with E-state index in [1.165, 1.54) is 12.3 Å². The maximum Gasteiger partial charge on any atom is 0.274 e. The summed E-state index contributed by atoms with van der Waals surface area (Å²) in [6.07, 6.45) is 1.44. The van der Waals surface area contributed by atoms with Crippen LogP contribution in [0.5, 0.6) is 11.5 Å². The van der Waals surface area contributed by atoms with Gasteiger partial charge in [0.05, 0.1) is 0 Å². The molecule has 0 atom stereocenters. The molecule has 1 aromatic heterocycles. The van der Waals surface area contributed by atoms with Gasteiger partial charge in [0.25, 0.3) is 11.8 Å². The fourth-order valence-electron chi connectivity index (χ4n) is 2.51. The molecule has 0 saturated carbocycles. The lowest BCUT2D eigenvalue weighted by molar-refractivity contribution is 0.0951. The minimum absolute atomic E-state index is 0.158. The molecule has 2 heterocycles. The highest BCUT2D eigenvalue weighted by Gasteiger charge is 2.15. The number of likely N-dealkylation sites (N-methyl/N-ethyl adjacent to an activating group) is 1. The van der Waals surface area contributed by atoms with Gasteiger partial charge in [0.1, 0.15) is 18.9 Å². The molecule has 3 rings (SSSR count). The highest BCUT2D eigenvalue weighted by atomic mass is 16.6. The van der Waals surface area contributed by atoms with Crippen molar-refractivity contribution in [1.82, 2.24) is 15.2 Å². The Labute approximate surface area is 157 Å². The van der Waals surface area contributed by atoms with Gasteiger partial charge >= 0.3 is 0 Å². The molecular formula is C19H22N4O4. The molecule has 2 N–H and O–H groups in total. The summed E-state index contributed by atoms with van der Waals surface area (Å²) >= 11 is 0. The quantitative estimate of drug-likeness (QED) is 0.798. The first-order chi connectivity index (χ1) is 13.0. The number of aromatic nitrogens is 1. The van der Waals surface area contributed by atoms with Crippen LogP contribution in [0, 0.1) is 0 Å². The Bertz CT molecular complexity index is 838. The average molecular weight is 370 g/mol. The van der Waals surface area contributed by atoms with Crippen molar-refractivity contribution in [2.24, 2.45) is 0 Å². The van der Waals surface area contributed by atoms with E-state index in [1.54, 1.807) is 24.3 Å². The molecule has 8 nitrogen and oxygen atoms in total. The van der Waals surface area contributed by atoms with E-state index in [0.717, 1.165) is 6.54 Å². The average Bonchev–Trinajstić information content (AvgIpc) is 2.67. The van der Waals surface area contributed by atoms with Crippen molar-refractivity contribution in [3.63, 3.8) is 0 Å². The summed E-state index contributed by atoms with van der Waals surface area (Å²) in [6.45, 7) is 2.23. The van der Waals surface area contributed by atoms with Crippen molar-refractivity contribution < 1.29 is 19.1 Å². The molecular weight excluding hydrogens is 348 g/mol.